The van der Waals surface area contributed by atoms with Gasteiger partial charge in [0.05, 0.1) is 13.0 Å². The molecule has 2 N–H and O–H groups in total. The number of benzene rings is 1. The molecule has 27 heavy (non-hydrogen) atoms. The van der Waals surface area contributed by atoms with E-state index in [0.717, 1.165) is 43.7 Å². The van der Waals surface area contributed by atoms with Crippen LogP contribution in [0.2, 0.25) is 0 Å². The highest BCUT2D eigenvalue weighted by molar-refractivity contribution is 5.94. The summed E-state index contributed by atoms with van der Waals surface area (Å²) >= 11 is 0. The van der Waals surface area contributed by atoms with Crippen LogP contribution in [0.5, 0.6) is 5.75 Å². The van der Waals surface area contributed by atoms with Gasteiger partial charge in [0.25, 0.3) is 0 Å². The lowest BCUT2D eigenvalue weighted by molar-refractivity contribution is -0.146. The van der Waals surface area contributed by atoms with Gasteiger partial charge in [-0.2, -0.15) is 0 Å². The number of rotatable bonds is 6. The third kappa shape index (κ3) is 4.84. The topological polar surface area (TPSA) is 85.1 Å². The Morgan fingerprint density at radius 1 is 1.15 bits per heavy atom. The van der Waals surface area contributed by atoms with E-state index in [2.05, 4.69) is 0 Å². The highest BCUT2D eigenvalue weighted by atomic mass is 35.5. The molecular weight excluding hydrogens is 370 g/mol. The van der Waals surface area contributed by atoms with Crippen molar-refractivity contribution in [3.63, 3.8) is 0 Å². The van der Waals surface area contributed by atoms with E-state index in [0.29, 0.717) is 19.7 Å². The van der Waals surface area contributed by atoms with Gasteiger partial charge in [-0.15, -0.1) is 12.4 Å². The zero-order valence-corrected chi connectivity index (χ0v) is 16.5. The Kier molecular flexibility index (Phi) is 7.74. The van der Waals surface area contributed by atoms with E-state index in [1.165, 1.54) is 7.11 Å². The van der Waals surface area contributed by atoms with Gasteiger partial charge < -0.3 is 20.1 Å². The maximum atomic E-state index is 12.8. The molecule has 8 heteroatoms. The van der Waals surface area contributed by atoms with Crippen LogP contribution in [0.1, 0.15) is 25.7 Å². The van der Waals surface area contributed by atoms with E-state index < -0.39 is 0 Å². The molecule has 1 aromatic carbocycles. The van der Waals surface area contributed by atoms with Crippen LogP contribution < -0.4 is 15.4 Å². The van der Waals surface area contributed by atoms with Gasteiger partial charge in [-0.3, -0.25) is 9.69 Å². The van der Waals surface area contributed by atoms with Gasteiger partial charge >= 0.3 is 12.0 Å². The predicted molar refractivity (Wildman–Crippen MR) is 105 cm³/mol. The average molecular weight is 398 g/mol. The van der Waals surface area contributed by atoms with Crippen LogP contribution in [-0.2, 0) is 9.53 Å². The molecule has 0 bridgehead atoms. The van der Waals surface area contributed by atoms with E-state index in [-0.39, 0.29) is 36.4 Å². The number of ether oxygens (including phenoxy) is 2. The van der Waals surface area contributed by atoms with Crippen molar-refractivity contribution in [2.24, 2.45) is 11.7 Å². The summed E-state index contributed by atoms with van der Waals surface area (Å²) < 4.78 is 10.3. The lowest BCUT2D eigenvalue weighted by atomic mass is 9.85. The molecule has 1 aromatic rings. The Balaban J connectivity index is 0.00000261. The number of halogens is 1. The van der Waals surface area contributed by atoms with Crippen LogP contribution in [0.3, 0.4) is 0 Å². The summed E-state index contributed by atoms with van der Waals surface area (Å²) in [7, 11) is 1.43. The SMILES string of the molecule is COC(=O)[C@H]1CC[C@H](N2CCN(c3ccc(OCCN)cc3)C2=O)CC1.Cl. The third-order valence-electron chi connectivity index (χ3n) is 5.25. The zero-order chi connectivity index (χ0) is 18.5. The fourth-order valence-electron chi connectivity index (χ4n) is 3.82. The molecule has 1 aliphatic carbocycles. The van der Waals surface area contributed by atoms with Gasteiger partial charge in [-0.05, 0) is 49.9 Å². The van der Waals surface area contributed by atoms with E-state index >= 15 is 0 Å². The number of carbonyl (C=O) groups excluding carboxylic acids is 2. The van der Waals surface area contributed by atoms with Gasteiger partial charge in [0.1, 0.15) is 12.4 Å². The fraction of sp³-hybridized carbons (Fsp3) is 0.579. The van der Waals surface area contributed by atoms with Crippen molar-refractivity contribution in [2.75, 3.05) is 38.3 Å². The van der Waals surface area contributed by atoms with E-state index in [1.807, 2.05) is 29.2 Å². The molecule has 1 saturated heterocycles. The molecule has 2 aliphatic rings. The Morgan fingerprint density at radius 2 is 1.81 bits per heavy atom. The van der Waals surface area contributed by atoms with Crippen LogP contribution in [0.25, 0.3) is 0 Å². The van der Waals surface area contributed by atoms with Crippen molar-refractivity contribution in [1.82, 2.24) is 4.90 Å². The van der Waals surface area contributed by atoms with Crippen LogP contribution in [0.15, 0.2) is 24.3 Å². The first-order valence-corrected chi connectivity index (χ1v) is 9.23. The minimum atomic E-state index is -0.130. The smallest absolute Gasteiger partial charge is 0.324 e. The van der Waals surface area contributed by atoms with Crippen molar-refractivity contribution in [2.45, 2.75) is 31.7 Å². The van der Waals surface area contributed by atoms with Gasteiger partial charge in [0.2, 0.25) is 0 Å². The zero-order valence-electron chi connectivity index (χ0n) is 15.6. The quantitative estimate of drug-likeness (QED) is 0.745. The molecule has 1 heterocycles. The van der Waals surface area contributed by atoms with Crippen molar-refractivity contribution in [3.8, 4) is 5.75 Å². The number of hydrogen-bond acceptors (Lipinski definition) is 5. The third-order valence-corrected chi connectivity index (χ3v) is 5.25. The molecule has 2 fully saturated rings. The van der Waals surface area contributed by atoms with Crippen LogP contribution in [0.4, 0.5) is 10.5 Å². The Labute approximate surface area is 166 Å². The predicted octanol–water partition coefficient (Wildman–Crippen LogP) is 2.42. The maximum Gasteiger partial charge on any atom is 0.324 e. The summed E-state index contributed by atoms with van der Waals surface area (Å²) in [4.78, 5) is 28.3. The van der Waals surface area contributed by atoms with E-state index in [4.69, 9.17) is 15.2 Å². The maximum absolute atomic E-state index is 12.8. The van der Waals surface area contributed by atoms with Crippen LogP contribution in [-0.4, -0.2) is 56.3 Å². The number of nitrogens with zero attached hydrogens (tertiary/aromatic N) is 2. The molecule has 1 saturated carbocycles. The second-order valence-corrected chi connectivity index (χ2v) is 6.79. The standard InChI is InChI=1S/C19H27N3O4.ClH/c1-25-18(23)14-2-4-15(5-3-14)21-11-12-22(19(21)24)16-6-8-17(9-7-16)26-13-10-20;/h6-9,14-15H,2-5,10-13,20H2,1H3;1H/t14-,15-;. The van der Waals surface area contributed by atoms with Crippen LogP contribution in [0, 0.1) is 5.92 Å². The first-order valence-electron chi connectivity index (χ1n) is 9.23. The highest BCUT2D eigenvalue weighted by Gasteiger charge is 2.37. The number of carbonyl (C=O) groups is 2. The highest BCUT2D eigenvalue weighted by Crippen LogP contribution is 2.32. The van der Waals surface area contributed by atoms with Gasteiger partial charge in [0, 0.05) is 31.4 Å². The van der Waals surface area contributed by atoms with Gasteiger partial charge in [-0.1, -0.05) is 0 Å². The number of esters is 1. The molecule has 3 rings (SSSR count). The summed E-state index contributed by atoms with van der Waals surface area (Å²) in [6.45, 7) is 2.35. The van der Waals surface area contributed by atoms with Gasteiger partial charge in [-0.25, -0.2) is 4.79 Å². The van der Waals surface area contributed by atoms with Crippen molar-refractivity contribution >= 4 is 30.1 Å². The molecule has 7 nitrogen and oxygen atoms in total. The molecule has 0 spiro atoms. The number of hydrogen-bond donors (Lipinski definition) is 1. The second kappa shape index (κ2) is 9.80. The molecule has 0 radical (unpaired) electrons. The molecule has 0 unspecified atom stereocenters. The lowest BCUT2D eigenvalue weighted by Crippen LogP contribution is -2.42. The summed E-state index contributed by atoms with van der Waals surface area (Å²) in [5, 5.41) is 0. The first-order chi connectivity index (χ1) is 12.6. The monoisotopic (exact) mass is 397 g/mol. The van der Waals surface area contributed by atoms with Crippen LogP contribution >= 0.6 is 12.4 Å². The first kappa shape index (κ1) is 21.3. The molecule has 2 amide bonds. The summed E-state index contributed by atoms with van der Waals surface area (Å²) in [6.07, 6.45) is 3.28. The minimum absolute atomic E-state index is 0. The number of methoxy groups -OCH3 is 1. The number of nitrogens with two attached hydrogens (primary N) is 1. The Morgan fingerprint density at radius 3 is 2.41 bits per heavy atom. The molecule has 1 aliphatic heterocycles. The van der Waals surface area contributed by atoms with Crippen molar-refractivity contribution in [1.29, 1.82) is 0 Å². The second-order valence-electron chi connectivity index (χ2n) is 6.79. The fourth-order valence-corrected chi connectivity index (χ4v) is 3.82. The van der Waals surface area contributed by atoms with E-state index in [9.17, 15) is 9.59 Å². The summed E-state index contributed by atoms with van der Waals surface area (Å²) in [5.74, 6) is 0.602. The normalized spacial score (nSPS) is 22.4. The number of anilines is 1. The van der Waals surface area contributed by atoms with Gasteiger partial charge in [0.15, 0.2) is 0 Å². The Hall–Kier alpha value is -1.99. The molecule has 0 atom stereocenters. The van der Waals surface area contributed by atoms with Crippen molar-refractivity contribution in [3.05, 3.63) is 24.3 Å². The molecule has 0 aromatic heterocycles. The number of urea groups is 1. The van der Waals surface area contributed by atoms with E-state index in [1.54, 1.807) is 4.90 Å². The summed E-state index contributed by atoms with van der Waals surface area (Å²) in [5.41, 5.74) is 6.31. The minimum Gasteiger partial charge on any atom is -0.492 e. The Bertz CT molecular complexity index is 632. The molecule has 150 valence electrons. The van der Waals surface area contributed by atoms with Crippen molar-refractivity contribution < 1.29 is 19.1 Å². The molecular formula is C19H28ClN3O4. The number of amides is 2. The lowest BCUT2D eigenvalue weighted by Gasteiger charge is -2.33. The average Bonchev–Trinajstić information content (AvgIpc) is 3.07. The summed E-state index contributed by atoms with van der Waals surface area (Å²) in [6, 6.07) is 7.79. The largest absolute Gasteiger partial charge is 0.492 e.